The Morgan fingerprint density at radius 1 is 0.977 bits per heavy atom. The Kier molecular flexibility index (Phi) is 11.2. The second-order valence-electron chi connectivity index (χ2n) is 11.4. The van der Waals surface area contributed by atoms with Gasteiger partial charge >= 0.3 is 0 Å². The molecule has 1 aliphatic rings. The highest BCUT2D eigenvalue weighted by atomic mass is 32.2. The topological polar surface area (TPSA) is 137 Å². The number of carbonyl (C=O) groups excluding carboxylic acids is 3. The predicted octanol–water partition coefficient (Wildman–Crippen LogP) is 3.62. The maximum atomic E-state index is 13.7. The van der Waals surface area contributed by atoms with Crippen LogP contribution in [0.25, 0.3) is 0 Å². The number of rotatable bonds is 14. The molecule has 0 saturated heterocycles. The van der Waals surface area contributed by atoms with Crippen molar-refractivity contribution in [2.24, 2.45) is 0 Å². The average Bonchev–Trinajstić information content (AvgIpc) is 3.52. The number of sulfonamides is 1. The molecular weight excluding hydrogens is 599 g/mol. The summed E-state index contributed by atoms with van der Waals surface area (Å²) in [6.07, 6.45) is 4.65. The predicted molar refractivity (Wildman–Crippen MR) is 175 cm³/mol. The molecule has 236 valence electrons. The number of nitrogens with one attached hydrogen (secondary N) is 4. The Morgan fingerprint density at radius 3 is 2.20 bits per heavy atom. The summed E-state index contributed by atoms with van der Waals surface area (Å²) in [4.78, 5) is 39.7. The van der Waals surface area contributed by atoms with Gasteiger partial charge in [0, 0.05) is 36.8 Å². The Bertz CT molecular complexity index is 1540. The van der Waals surface area contributed by atoms with E-state index in [0.717, 1.165) is 41.0 Å². The van der Waals surface area contributed by atoms with E-state index in [1.807, 2.05) is 54.1 Å². The van der Waals surface area contributed by atoms with Gasteiger partial charge in [-0.3, -0.25) is 18.7 Å². The Hall–Kier alpha value is -3.74. The van der Waals surface area contributed by atoms with E-state index in [4.69, 9.17) is 0 Å². The summed E-state index contributed by atoms with van der Waals surface area (Å²) < 4.78 is 25.8. The molecule has 2 aromatic carbocycles. The molecule has 44 heavy (non-hydrogen) atoms. The molecule has 1 saturated carbocycles. The molecule has 0 aliphatic heterocycles. The van der Waals surface area contributed by atoms with Crippen LogP contribution in [0.3, 0.4) is 0 Å². The monoisotopic (exact) mass is 639 g/mol. The van der Waals surface area contributed by atoms with Gasteiger partial charge in [-0.2, -0.15) is 11.3 Å². The molecule has 1 unspecified atom stereocenters. The second kappa shape index (κ2) is 14.8. The van der Waals surface area contributed by atoms with Crippen molar-refractivity contribution < 1.29 is 22.8 Å². The lowest BCUT2D eigenvalue weighted by molar-refractivity contribution is -0.124. The van der Waals surface area contributed by atoms with Crippen molar-refractivity contribution in [2.75, 3.05) is 24.2 Å². The lowest BCUT2D eigenvalue weighted by Crippen LogP contribution is -2.52. The van der Waals surface area contributed by atoms with E-state index in [1.54, 1.807) is 6.92 Å². The second-order valence-corrected chi connectivity index (χ2v) is 14.2. The van der Waals surface area contributed by atoms with E-state index in [2.05, 4.69) is 21.3 Å². The molecule has 0 spiro atoms. The third-order valence-corrected chi connectivity index (χ3v) is 9.78. The third-order valence-electron chi connectivity index (χ3n) is 7.87. The summed E-state index contributed by atoms with van der Waals surface area (Å²) in [7, 11) is -2.30. The molecule has 4 N–H and O–H groups in total. The molecule has 1 fully saturated rings. The highest BCUT2D eigenvalue weighted by Gasteiger charge is 2.25. The fraction of sp³-hybridized carbons (Fsp3) is 0.406. The molecule has 1 heterocycles. The van der Waals surface area contributed by atoms with Crippen molar-refractivity contribution in [3.63, 3.8) is 0 Å². The zero-order chi connectivity index (χ0) is 31.9. The number of benzene rings is 2. The van der Waals surface area contributed by atoms with Crippen molar-refractivity contribution in [2.45, 2.75) is 63.7 Å². The van der Waals surface area contributed by atoms with Crippen molar-refractivity contribution in [3.8, 4) is 0 Å². The molecule has 3 aromatic rings. The van der Waals surface area contributed by atoms with E-state index in [-0.39, 0.29) is 34.8 Å². The largest absolute Gasteiger partial charge is 0.352 e. The zero-order valence-corrected chi connectivity index (χ0v) is 27.1. The minimum Gasteiger partial charge on any atom is -0.352 e. The number of amides is 3. The first kappa shape index (κ1) is 33.2. The number of carbonyl (C=O) groups is 3. The van der Waals surface area contributed by atoms with Crippen LogP contribution < -0.4 is 25.6 Å². The van der Waals surface area contributed by atoms with Crippen molar-refractivity contribution in [3.05, 3.63) is 87.6 Å². The highest BCUT2D eigenvalue weighted by Crippen LogP contribution is 2.23. The quantitative estimate of drug-likeness (QED) is 0.213. The van der Waals surface area contributed by atoms with Crippen LogP contribution in [0.4, 0.5) is 5.69 Å². The van der Waals surface area contributed by atoms with Crippen LogP contribution in [0, 0.1) is 0 Å². The summed E-state index contributed by atoms with van der Waals surface area (Å²) in [5.41, 5.74) is 2.42. The maximum Gasteiger partial charge on any atom is 0.251 e. The van der Waals surface area contributed by atoms with Gasteiger partial charge in [-0.25, -0.2) is 8.42 Å². The fourth-order valence-corrected chi connectivity index (χ4v) is 6.01. The van der Waals surface area contributed by atoms with Gasteiger partial charge in [0.2, 0.25) is 15.9 Å². The minimum atomic E-state index is -3.67. The molecule has 10 nitrogen and oxygen atoms in total. The molecule has 0 bridgehead atoms. The van der Waals surface area contributed by atoms with Gasteiger partial charge in [0.15, 0.2) is 0 Å². The SMILES string of the molecule is CC(NC(=O)c1cc(C(=O)N[C@H](CN[C@@H](C)C(=O)NC2CCC2)Cc2ccccc2)cc(N(C)S(C)(=O)=O)c1)c1ccsc1. The van der Waals surface area contributed by atoms with Crippen LogP contribution in [0.5, 0.6) is 0 Å². The molecule has 1 aromatic heterocycles. The number of anilines is 1. The summed E-state index contributed by atoms with van der Waals surface area (Å²) in [6, 6.07) is 15.0. The van der Waals surface area contributed by atoms with Gasteiger partial charge in [-0.1, -0.05) is 30.3 Å². The number of nitrogens with zero attached hydrogens (tertiary/aromatic N) is 1. The van der Waals surface area contributed by atoms with Crippen LogP contribution in [0.15, 0.2) is 65.4 Å². The molecule has 0 radical (unpaired) electrons. The van der Waals surface area contributed by atoms with Crippen LogP contribution in [0.2, 0.25) is 0 Å². The van der Waals surface area contributed by atoms with Crippen LogP contribution >= 0.6 is 11.3 Å². The molecule has 3 atom stereocenters. The zero-order valence-electron chi connectivity index (χ0n) is 25.5. The van der Waals surface area contributed by atoms with E-state index < -0.39 is 33.9 Å². The van der Waals surface area contributed by atoms with Crippen LogP contribution in [-0.4, -0.2) is 64.1 Å². The van der Waals surface area contributed by atoms with Gasteiger partial charge < -0.3 is 21.3 Å². The molecular formula is C32H41N5O5S2. The number of hydrogen-bond acceptors (Lipinski definition) is 7. The first-order chi connectivity index (χ1) is 20.9. The fourth-order valence-electron chi connectivity index (χ4n) is 4.76. The highest BCUT2D eigenvalue weighted by molar-refractivity contribution is 7.92. The van der Waals surface area contributed by atoms with E-state index in [1.165, 1.54) is 36.6 Å². The summed E-state index contributed by atoms with van der Waals surface area (Å²) >= 11 is 1.52. The van der Waals surface area contributed by atoms with Crippen molar-refractivity contribution >= 4 is 44.8 Å². The van der Waals surface area contributed by atoms with Crippen molar-refractivity contribution in [1.29, 1.82) is 0 Å². The maximum absolute atomic E-state index is 13.7. The summed E-state index contributed by atoms with van der Waals surface area (Å²) in [5.74, 6) is -0.985. The van der Waals surface area contributed by atoms with Gasteiger partial charge in [0.05, 0.1) is 24.0 Å². The summed E-state index contributed by atoms with van der Waals surface area (Å²) in [6.45, 7) is 3.96. The average molecular weight is 640 g/mol. The van der Waals surface area contributed by atoms with E-state index >= 15 is 0 Å². The molecule has 4 rings (SSSR count). The van der Waals surface area contributed by atoms with Gasteiger partial charge in [-0.05, 0) is 85.7 Å². The first-order valence-corrected chi connectivity index (χ1v) is 17.5. The Balaban J connectivity index is 1.55. The molecule has 3 amide bonds. The third kappa shape index (κ3) is 9.13. The van der Waals surface area contributed by atoms with E-state index in [9.17, 15) is 22.8 Å². The molecule has 12 heteroatoms. The smallest absolute Gasteiger partial charge is 0.251 e. The van der Waals surface area contributed by atoms with Gasteiger partial charge in [-0.15, -0.1) is 0 Å². The Morgan fingerprint density at radius 2 is 1.64 bits per heavy atom. The number of thiophene rings is 1. The standard InChI is InChI=1S/C32H41N5O5S2/c1-21(24-13-14-43-20-24)34-31(39)25-16-26(18-29(17-25)37(3)44(4,41)42)32(40)36-28(15-23-9-6-5-7-10-23)19-33-22(2)30(38)35-27-11-8-12-27/h5-7,9-10,13-14,16-18,20-22,27-28,33H,8,11-12,15,19H2,1-4H3,(H,34,39)(H,35,38)(H,36,40)/t21?,22-,28-/m0/s1. The number of hydrogen-bond donors (Lipinski definition) is 4. The van der Waals surface area contributed by atoms with Crippen LogP contribution in [-0.2, 0) is 21.2 Å². The van der Waals surface area contributed by atoms with E-state index in [0.29, 0.717) is 13.0 Å². The van der Waals surface area contributed by atoms with Gasteiger partial charge in [0.1, 0.15) is 0 Å². The summed E-state index contributed by atoms with van der Waals surface area (Å²) in [5, 5.41) is 16.1. The van der Waals surface area contributed by atoms with Crippen molar-refractivity contribution in [1.82, 2.24) is 21.3 Å². The minimum absolute atomic E-state index is 0.0802. The Labute approximate surface area is 263 Å². The normalized spacial score (nSPS) is 15.4. The lowest BCUT2D eigenvalue weighted by Gasteiger charge is -2.28. The molecule has 1 aliphatic carbocycles. The lowest BCUT2D eigenvalue weighted by atomic mass is 9.93. The van der Waals surface area contributed by atoms with Crippen LogP contribution in [0.1, 0.15) is 71.0 Å². The first-order valence-electron chi connectivity index (χ1n) is 14.7. The van der Waals surface area contributed by atoms with Gasteiger partial charge in [0.25, 0.3) is 11.8 Å².